The molecule has 0 aromatic rings. The summed E-state index contributed by atoms with van der Waals surface area (Å²) in [6.07, 6.45) is 23.4. The summed E-state index contributed by atoms with van der Waals surface area (Å²) in [6, 6.07) is 0. The molecular weight excluding hydrogens is 363 g/mol. The number of esters is 1. The van der Waals surface area contributed by atoms with E-state index in [1.54, 1.807) is 6.92 Å². The molecule has 2 nitrogen and oxygen atoms in total. The predicted octanol–water partition coefficient (Wildman–Crippen LogP) is 8.25. The highest BCUT2D eigenvalue weighted by molar-refractivity contribution is 7.73. The van der Waals surface area contributed by atoms with E-state index < -0.39 is 7.26 Å². The van der Waals surface area contributed by atoms with Gasteiger partial charge in [-0.2, -0.15) is 0 Å². The zero-order valence-electron chi connectivity index (χ0n) is 19.7. The van der Waals surface area contributed by atoms with Crippen LogP contribution in [0.2, 0.25) is 0 Å². The highest BCUT2D eigenvalue weighted by Gasteiger charge is 2.15. The van der Waals surface area contributed by atoms with Gasteiger partial charge in [-0.15, -0.1) is 0 Å². The molecule has 0 radical (unpaired) electrons. The molecule has 0 atom stereocenters. The molecule has 0 N–H and O–H groups in total. The van der Waals surface area contributed by atoms with Gasteiger partial charge < -0.3 is 4.74 Å². The number of carbonyl (C=O) groups excluding carboxylic acids is 1. The highest BCUT2D eigenvalue weighted by Crippen LogP contribution is 2.47. The molecule has 0 rings (SSSR count). The second kappa shape index (κ2) is 18.7. The van der Waals surface area contributed by atoms with Gasteiger partial charge in [0.15, 0.2) is 0 Å². The lowest BCUT2D eigenvalue weighted by atomic mass is 10.0. The third-order valence-electron chi connectivity index (χ3n) is 5.30. The van der Waals surface area contributed by atoms with Crippen LogP contribution in [-0.2, 0) is 9.53 Å². The van der Waals surface area contributed by atoms with E-state index in [4.69, 9.17) is 4.74 Å². The summed E-state index contributed by atoms with van der Waals surface area (Å²) in [5.74, 6) is -0.253. The SMILES string of the molecule is C=C(C)C(=O)OCCCCCCCCCCCCCCCCCC[P+](C)(C)C. The number of unbranched alkanes of at least 4 members (excludes halogenated alkanes) is 15. The van der Waals surface area contributed by atoms with Crippen molar-refractivity contribution in [1.29, 1.82) is 0 Å². The Kier molecular flexibility index (Phi) is 18.4. The van der Waals surface area contributed by atoms with Crippen molar-refractivity contribution in [3.05, 3.63) is 12.2 Å². The van der Waals surface area contributed by atoms with E-state index in [1.165, 1.54) is 102 Å². The number of hydrogen-bond donors (Lipinski definition) is 0. The average molecular weight is 414 g/mol. The number of carbonyl (C=O) groups is 1. The van der Waals surface area contributed by atoms with Crippen LogP contribution >= 0.6 is 7.26 Å². The van der Waals surface area contributed by atoms with Crippen molar-refractivity contribution in [3.63, 3.8) is 0 Å². The zero-order valence-corrected chi connectivity index (χ0v) is 20.6. The number of ether oxygens (including phenoxy) is 1. The maximum atomic E-state index is 11.2. The maximum Gasteiger partial charge on any atom is 0.333 e. The smallest absolute Gasteiger partial charge is 0.333 e. The molecule has 0 aliphatic rings. The second-order valence-electron chi connectivity index (χ2n) is 9.59. The van der Waals surface area contributed by atoms with Gasteiger partial charge in [-0.1, -0.05) is 90.0 Å². The summed E-state index contributed by atoms with van der Waals surface area (Å²) in [5.41, 5.74) is 0.493. The molecule has 0 spiro atoms. The molecule has 166 valence electrons. The summed E-state index contributed by atoms with van der Waals surface area (Å²) < 4.78 is 5.10. The summed E-state index contributed by atoms with van der Waals surface area (Å²) in [6.45, 7) is 13.2. The molecule has 0 fully saturated rings. The lowest BCUT2D eigenvalue weighted by Crippen LogP contribution is -2.05. The Bertz CT molecular complexity index is 384. The number of rotatable bonds is 20. The summed E-state index contributed by atoms with van der Waals surface area (Å²) >= 11 is 0. The minimum atomic E-state index is -0.532. The van der Waals surface area contributed by atoms with Gasteiger partial charge in [0, 0.05) is 32.8 Å². The van der Waals surface area contributed by atoms with Crippen LogP contribution < -0.4 is 0 Å². The predicted molar refractivity (Wildman–Crippen MR) is 129 cm³/mol. The van der Waals surface area contributed by atoms with Gasteiger partial charge in [-0.05, 0) is 26.2 Å². The van der Waals surface area contributed by atoms with Crippen LogP contribution in [0.3, 0.4) is 0 Å². The lowest BCUT2D eigenvalue weighted by Gasteiger charge is -2.10. The zero-order chi connectivity index (χ0) is 21.1. The maximum absolute atomic E-state index is 11.2. The van der Waals surface area contributed by atoms with E-state index in [-0.39, 0.29) is 5.97 Å². The molecule has 0 heterocycles. The van der Waals surface area contributed by atoms with Crippen molar-refractivity contribution in [2.75, 3.05) is 32.8 Å². The van der Waals surface area contributed by atoms with Gasteiger partial charge in [-0.25, -0.2) is 4.79 Å². The van der Waals surface area contributed by atoms with Crippen LogP contribution in [-0.4, -0.2) is 38.7 Å². The molecule has 3 heteroatoms. The molecule has 0 aromatic heterocycles. The molecule has 28 heavy (non-hydrogen) atoms. The van der Waals surface area contributed by atoms with Crippen LogP contribution in [0.5, 0.6) is 0 Å². The van der Waals surface area contributed by atoms with E-state index in [1.807, 2.05) is 0 Å². The van der Waals surface area contributed by atoms with Gasteiger partial charge >= 0.3 is 5.97 Å². The van der Waals surface area contributed by atoms with Crippen molar-refractivity contribution in [3.8, 4) is 0 Å². The van der Waals surface area contributed by atoms with Crippen molar-refractivity contribution in [2.45, 2.75) is 110 Å². The first-order valence-corrected chi connectivity index (χ1v) is 15.3. The first-order valence-electron chi connectivity index (χ1n) is 12.0. The van der Waals surface area contributed by atoms with Crippen LogP contribution in [0.25, 0.3) is 0 Å². The van der Waals surface area contributed by atoms with Gasteiger partial charge in [-0.3, -0.25) is 0 Å². The van der Waals surface area contributed by atoms with Crippen LogP contribution in [0.15, 0.2) is 12.2 Å². The largest absolute Gasteiger partial charge is 0.462 e. The quantitative estimate of drug-likeness (QED) is 0.0869. The van der Waals surface area contributed by atoms with Gasteiger partial charge in [0.1, 0.15) is 0 Å². The molecule has 0 saturated carbocycles. The highest BCUT2D eigenvalue weighted by atomic mass is 31.2. The fraction of sp³-hybridized carbons (Fsp3) is 0.880. The third kappa shape index (κ3) is 21.9. The van der Waals surface area contributed by atoms with Crippen LogP contribution in [0.4, 0.5) is 0 Å². The molecule has 0 aliphatic heterocycles. The Morgan fingerprint density at radius 3 is 1.29 bits per heavy atom. The topological polar surface area (TPSA) is 26.3 Å². The Morgan fingerprint density at radius 1 is 0.643 bits per heavy atom. The first-order chi connectivity index (χ1) is 13.3. The van der Waals surface area contributed by atoms with Crippen LogP contribution in [0, 0.1) is 0 Å². The van der Waals surface area contributed by atoms with Gasteiger partial charge in [0.25, 0.3) is 0 Å². The van der Waals surface area contributed by atoms with Crippen molar-refractivity contribution in [1.82, 2.24) is 0 Å². The summed E-state index contributed by atoms with van der Waals surface area (Å²) in [4.78, 5) is 11.2. The van der Waals surface area contributed by atoms with E-state index in [0.29, 0.717) is 12.2 Å². The molecule has 0 bridgehead atoms. The first kappa shape index (κ1) is 27.6. The Labute approximate surface area is 177 Å². The van der Waals surface area contributed by atoms with E-state index in [0.717, 1.165) is 6.42 Å². The fourth-order valence-electron chi connectivity index (χ4n) is 3.45. The second-order valence-corrected chi connectivity index (χ2v) is 14.6. The molecule has 0 aromatic carbocycles. The standard InChI is InChI=1S/C25H50O2P/c1-24(2)25(26)27-22-20-18-16-14-12-10-8-6-7-9-11-13-15-17-19-21-23-28(3,4)5/h1,6-23H2,2-5H3/q+1. The van der Waals surface area contributed by atoms with Crippen molar-refractivity contribution in [2.24, 2.45) is 0 Å². The van der Waals surface area contributed by atoms with E-state index in [2.05, 4.69) is 26.6 Å². The fourth-order valence-corrected chi connectivity index (χ4v) is 4.62. The van der Waals surface area contributed by atoms with Crippen molar-refractivity contribution >= 4 is 13.2 Å². The van der Waals surface area contributed by atoms with Gasteiger partial charge in [0.2, 0.25) is 0 Å². The lowest BCUT2D eigenvalue weighted by molar-refractivity contribution is -0.139. The minimum absolute atomic E-state index is 0.253. The monoisotopic (exact) mass is 413 g/mol. The number of hydrogen-bond acceptors (Lipinski definition) is 2. The summed E-state index contributed by atoms with van der Waals surface area (Å²) in [7, 11) is -0.532. The van der Waals surface area contributed by atoms with Gasteiger partial charge in [0.05, 0.1) is 12.8 Å². The molecule has 0 saturated heterocycles. The average Bonchev–Trinajstić information content (AvgIpc) is 2.62. The Hall–Kier alpha value is -0.360. The minimum Gasteiger partial charge on any atom is -0.462 e. The normalized spacial score (nSPS) is 11.6. The van der Waals surface area contributed by atoms with Crippen LogP contribution in [0.1, 0.15) is 110 Å². The Balaban J connectivity index is 3.10. The molecule has 0 unspecified atom stereocenters. The van der Waals surface area contributed by atoms with Crippen molar-refractivity contribution < 1.29 is 9.53 Å². The van der Waals surface area contributed by atoms with E-state index in [9.17, 15) is 4.79 Å². The molecule has 0 amide bonds. The Morgan fingerprint density at radius 2 is 0.964 bits per heavy atom. The molecule has 0 aliphatic carbocycles. The third-order valence-corrected chi connectivity index (χ3v) is 6.96. The van der Waals surface area contributed by atoms with E-state index >= 15 is 0 Å². The molecular formula is C25H50O2P+. The summed E-state index contributed by atoms with van der Waals surface area (Å²) in [5, 5.41) is 0.